The maximum atomic E-state index is 10.6. The predicted octanol–water partition coefficient (Wildman–Crippen LogP) is 1.79. The summed E-state index contributed by atoms with van der Waals surface area (Å²) in [6.07, 6.45) is 0.772. The summed E-state index contributed by atoms with van der Waals surface area (Å²) >= 11 is 1.48. The Bertz CT molecular complexity index is 490. The molecule has 0 radical (unpaired) electrons. The molecule has 0 fully saturated rings. The Labute approximate surface area is 84.8 Å². The van der Waals surface area contributed by atoms with Gasteiger partial charge in [-0.3, -0.25) is 4.79 Å². The molecule has 0 aliphatic rings. The van der Waals surface area contributed by atoms with E-state index in [-0.39, 0.29) is 6.61 Å². The number of aldehydes is 1. The molecule has 1 heterocycles. The highest BCUT2D eigenvalue weighted by atomic mass is 32.1. The summed E-state index contributed by atoms with van der Waals surface area (Å²) in [5, 5.41) is 11.8. The van der Waals surface area contributed by atoms with Gasteiger partial charge in [0.05, 0.1) is 12.3 Å². The average molecular weight is 207 g/mol. The molecule has 14 heavy (non-hydrogen) atoms. The van der Waals surface area contributed by atoms with Crippen molar-refractivity contribution in [3.63, 3.8) is 0 Å². The maximum Gasteiger partial charge on any atom is 0.150 e. The van der Waals surface area contributed by atoms with E-state index in [1.807, 2.05) is 5.38 Å². The number of aliphatic hydroxyl groups excluding tert-OH is 1. The van der Waals surface area contributed by atoms with Gasteiger partial charge in [0.1, 0.15) is 6.29 Å². The molecule has 0 saturated heterocycles. The SMILES string of the molecule is Nc1csc2cc(C=O)cc(CO)c12. The predicted molar refractivity (Wildman–Crippen MR) is 57.5 cm³/mol. The van der Waals surface area contributed by atoms with Crippen LogP contribution in [0.15, 0.2) is 17.5 Å². The quantitative estimate of drug-likeness (QED) is 0.738. The van der Waals surface area contributed by atoms with Gasteiger partial charge in [-0.15, -0.1) is 11.3 Å². The summed E-state index contributed by atoms with van der Waals surface area (Å²) in [4.78, 5) is 10.6. The van der Waals surface area contributed by atoms with Crippen LogP contribution >= 0.6 is 11.3 Å². The molecule has 1 aromatic carbocycles. The Kier molecular flexibility index (Phi) is 2.23. The summed E-state index contributed by atoms with van der Waals surface area (Å²) < 4.78 is 0.941. The topological polar surface area (TPSA) is 63.3 Å². The number of thiophene rings is 1. The summed E-state index contributed by atoms with van der Waals surface area (Å²) in [6.45, 7) is -0.0981. The van der Waals surface area contributed by atoms with Gasteiger partial charge in [0, 0.05) is 21.0 Å². The number of fused-ring (bicyclic) bond motifs is 1. The fraction of sp³-hybridized carbons (Fsp3) is 0.100. The van der Waals surface area contributed by atoms with Crippen molar-refractivity contribution in [2.24, 2.45) is 0 Å². The monoisotopic (exact) mass is 207 g/mol. The van der Waals surface area contributed by atoms with Crippen LogP contribution < -0.4 is 5.73 Å². The molecule has 0 spiro atoms. The lowest BCUT2D eigenvalue weighted by Crippen LogP contribution is -1.91. The van der Waals surface area contributed by atoms with E-state index in [4.69, 9.17) is 10.8 Å². The maximum absolute atomic E-state index is 10.6. The lowest BCUT2D eigenvalue weighted by molar-refractivity contribution is 0.112. The minimum absolute atomic E-state index is 0.0981. The highest BCUT2D eigenvalue weighted by Gasteiger charge is 2.07. The van der Waals surface area contributed by atoms with Gasteiger partial charge in [-0.2, -0.15) is 0 Å². The van der Waals surface area contributed by atoms with Crippen molar-refractivity contribution in [2.75, 3.05) is 5.73 Å². The lowest BCUT2D eigenvalue weighted by atomic mass is 10.1. The van der Waals surface area contributed by atoms with Gasteiger partial charge in [-0.1, -0.05) is 0 Å². The number of nitrogens with two attached hydrogens (primary N) is 1. The van der Waals surface area contributed by atoms with Crippen LogP contribution in [0.1, 0.15) is 15.9 Å². The van der Waals surface area contributed by atoms with Crippen molar-refractivity contribution in [1.29, 1.82) is 0 Å². The minimum Gasteiger partial charge on any atom is -0.398 e. The van der Waals surface area contributed by atoms with Crippen LogP contribution in [0.4, 0.5) is 5.69 Å². The normalized spacial score (nSPS) is 10.6. The number of aliphatic hydroxyl groups is 1. The molecule has 0 bridgehead atoms. The van der Waals surface area contributed by atoms with Gasteiger partial charge in [0.15, 0.2) is 0 Å². The van der Waals surface area contributed by atoms with E-state index in [1.54, 1.807) is 12.1 Å². The molecule has 0 aliphatic carbocycles. The van der Waals surface area contributed by atoms with Crippen LogP contribution in [-0.2, 0) is 6.61 Å². The second kappa shape index (κ2) is 3.40. The highest BCUT2D eigenvalue weighted by Crippen LogP contribution is 2.31. The van der Waals surface area contributed by atoms with E-state index in [0.29, 0.717) is 16.8 Å². The van der Waals surface area contributed by atoms with Gasteiger partial charge in [0.2, 0.25) is 0 Å². The zero-order valence-corrected chi connectivity index (χ0v) is 8.17. The number of hydrogen-bond acceptors (Lipinski definition) is 4. The molecule has 2 rings (SSSR count). The molecule has 0 saturated carbocycles. The molecule has 3 nitrogen and oxygen atoms in total. The Morgan fingerprint density at radius 1 is 1.50 bits per heavy atom. The van der Waals surface area contributed by atoms with E-state index in [1.165, 1.54) is 11.3 Å². The van der Waals surface area contributed by atoms with Crippen LogP contribution in [0, 0.1) is 0 Å². The first-order valence-electron chi connectivity index (χ1n) is 4.12. The minimum atomic E-state index is -0.0981. The Morgan fingerprint density at radius 2 is 2.29 bits per heavy atom. The lowest BCUT2D eigenvalue weighted by Gasteiger charge is -2.01. The van der Waals surface area contributed by atoms with Gasteiger partial charge < -0.3 is 10.8 Å². The molecule has 0 aliphatic heterocycles. The zero-order valence-electron chi connectivity index (χ0n) is 7.36. The van der Waals surface area contributed by atoms with Crippen molar-refractivity contribution < 1.29 is 9.90 Å². The molecule has 72 valence electrons. The summed E-state index contributed by atoms with van der Waals surface area (Å²) in [7, 11) is 0. The van der Waals surface area contributed by atoms with Crippen LogP contribution in [0.5, 0.6) is 0 Å². The molecular weight excluding hydrogens is 198 g/mol. The molecule has 0 unspecified atom stereocenters. The van der Waals surface area contributed by atoms with Gasteiger partial charge in [-0.05, 0) is 17.7 Å². The van der Waals surface area contributed by atoms with Crippen molar-refractivity contribution >= 4 is 33.4 Å². The second-order valence-electron chi connectivity index (χ2n) is 3.02. The number of benzene rings is 1. The first-order chi connectivity index (χ1) is 6.76. The molecule has 1 aromatic heterocycles. The van der Waals surface area contributed by atoms with Gasteiger partial charge in [-0.25, -0.2) is 0 Å². The summed E-state index contributed by atoms with van der Waals surface area (Å²) in [6, 6.07) is 3.45. The highest BCUT2D eigenvalue weighted by molar-refractivity contribution is 7.17. The fourth-order valence-electron chi connectivity index (χ4n) is 1.50. The third-order valence-electron chi connectivity index (χ3n) is 2.11. The van der Waals surface area contributed by atoms with Crippen LogP contribution in [0.2, 0.25) is 0 Å². The molecule has 0 atom stereocenters. The van der Waals surface area contributed by atoms with E-state index >= 15 is 0 Å². The largest absolute Gasteiger partial charge is 0.398 e. The third-order valence-corrected chi connectivity index (χ3v) is 3.06. The first-order valence-corrected chi connectivity index (χ1v) is 5.00. The van der Waals surface area contributed by atoms with Crippen molar-refractivity contribution in [3.05, 3.63) is 28.6 Å². The molecular formula is C10H9NO2S. The number of anilines is 1. The molecule has 0 amide bonds. The van der Waals surface area contributed by atoms with E-state index < -0.39 is 0 Å². The van der Waals surface area contributed by atoms with Crippen molar-refractivity contribution in [3.8, 4) is 0 Å². The van der Waals surface area contributed by atoms with Crippen LogP contribution in [0.25, 0.3) is 10.1 Å². The number of carbonyl (C=O) groups is 1. The summed E-state index contributed by atoms with van der Waals surface area (Å²) in [5.74, 6) is 0. The number of nitrogen functional groups attached to an aromatic ring is 1. The van der Waals surface area contributed by atoms with E-state index in [0.717, 1.165) is 16.4 Å². The van der Waals surface area contributed by atoms with Crippen LogP contribution in [-0.4, -0.2) is 11.4 Å². The number of carbonyl (C=O) groups excluding carboxylic acids is 1. The zero-order chi connectivity index (χ0) is 10.1. The smallest absolute Gasteiger partial charge is 0.150 e. The fourth-order valence-corrected chi connectivity index (χ4v) is 2.44. The average Bonchev–Trinajstić information content (AvgIpc) is 2.59. The Hall–Kier alpha value is -1.39. The molecule has 3 N–H and O–H groups in total. The van der Waals surface area contributed by atoms with Crippen LogP contribution in [0.3, 0.4) is 0 Å². The van der Waals surface area contributed by atoms with E-state index in [9.17, 15) is 4.79 Å². The Morgan fingerprint density at radius 3 is 2.93 bits per heavy atom. The van der Waals surface area contributed by atoms with Gasteiger partial charge >= 0.3 is 0 Å². The standard InChI is InChI=1S/C10H9NO2S/c11-8-5-14-9-2-6(3-12)1-7(4-13)10(8)9/h1-3,5,13H,4,11H2. The van der Waals surface area contributed by atoms with Gasteiger partial charge in [0.25, 0.3) is 0 Å². The second-order valence-corrected chi connectivity index (χ2v) is 3.93. The van der Waals surface area contributed by atoms with E-state index in [2.05, 4.69) is 0 Å². The number of rotatable bonds is 2. The van der Waals surface area contributed by atoms with Crippen molar-refractivity contribution in [2.45, 2.75) is 6.61 Å². The number of hydrogen-bond donors (Lipinski definition) is 2. The van der Waals surface area contributed by atoms with Crippen molar-refractivity contribution in [1.82, 2.24) is 0 Å². The third kappa shape index (κ3) is 1.29. The Balaban J connectivity index is 2.82. The first kappa shape index (κ1) is 9.18. The summed E-state index contributed by atoms with van der Waals surface area (Å²) in [5.41, 5.74) is 7.70. The molecule has 4 heteroatoms. The molecule has 2 aromatic rings.